The Morgan fingerprint density at radius 1 is 1.07 bits per heavy atom. The minimum Gasteiger partial charge on any atom is -0.493 e. The summed E-state index contributed by atoms with van der Waals surface area (Å²) in [5, 5.41) is 6.41. The van der Waals surface area contributed by atoms with Crippen LogP contribution in [-0.2, 0) is 6.42 Å². The molecule has 0 spiro atoms. The number of carbonyl (C=O) groups excluding carboxylic acids is 1. The molecule has 1 saturated carbocycles. The molecule has 0 atom stereocenters. The molecule has 1 amide bonds. The highest BCUT2D eigenvalue weighted by Gasteiger charge is 2.14. The second kappa shape index (κ2) is 9.97. The Hall–Kier alpha value is -2.76. The first kappa shape index (κ1) is 20.0. The molecule has 3 rings (SSSR count). The highest BCUT2D eigenvalue weighted by Crippen LogP contribution is 2.27. The Bertz CT molecular complexity index is 771. The van der Waals surface area contributed by atoms with Crippen molar-refractivity contribution in [3.63, 3.8) is 0 Å². The molecule has 0 saturated heterocycles. The molecule has 1 aromatic heterocycles. The van der Waals surface area contributed by atoms with Gasteiger partial charge in [-0.1, -0.05) is 25.3 Å². The van der Waals surface area contributed by atoms with Crippen molar-refractivity contribution < 1.29 is 14.3 Å². The Morgan fingerprint density at radius 3 is 2.54 bits per heavy atom. The van der Waals surface area contributed by atoms with Gasteiger partial charge in [0.1, 0.15) is 5.82 Å². The number of hydrogen-bond acceptors (Lipinski definition) is 5. The van der Waals surface area contributed by atoms with Gasteiger partial charge in [0.2, 0.25) is 0 Å². The van der Waals surface area contributed by atoms with Gasteiger partial charge in [-0.3, -0.25) is 4.79 Å². The number of benzene rings is 1. The lowest BCUT2D eigenvalue weighted by molar-refractivity contribution is 0.0954. The van der Waals surface area contributed by atoms with Gasteiger partial charge in [0.05, 0.1) is 19.8 Å². The van der Waals surface area contributed by atoms with Crippen LogP contribution < -0.4 is 20.1 Å². The zero-order valence-corrected chi connectivity index (χ0v) is 16.7. The average Bonchev–Trinajstić information content (AvgIpc) is 2.74. The third-order valence-corrected chi connectivity index (χ3v) is 5.13. The van der Waals surface area contributed by atoms with Gasteiger partial charge in [-0.2, -0.15) is 0 Å². The van der Waals surface area contributed by atoms with Crippen LogP contribution in [0.4, 0.5) is 5.82 Å². The number of hydrogen-bond donors (Lipinski definition) is 2. The zero-order chi connectivity index (χ0) is 19.8. The second-order valence-corrected chi connectivity index (χ2v) is 7.11. The highest BCUT2D eigenvalue weighted by molar-refractivity contribution is 5.94. The van der Waals surface area contributed by atoms with Crippen LogP contribution in [0.25, 0.3) is 0 Å². The van der Waals surface area contributed by atoms with Crippen molar-refractivity contribution in [2.24, 2.45) is 0 Å². The van der Waals surface area contributed by atoms with E-state index in [-0.39, 0.29) is 5.91 Å². The maximum Gasteiger partial charge on any atom is 0.252 e. The topological polar surface area (TPSA) is 72.5 Å². The molecule has 0 radical (unpaired) electrons. The molecule has 1 aliphatic rings. The van der Waals surface area contributed by atoms with Crippen LogP contribution >= 0.6 is 0 Å². The summed E-state index contributed by atoms with van der Waals surface area (Å²) in [6.07, 6.45) is 8.61. The smallest absolute Gasteiger partial charge is 0.252 e. The lowest BCUT2D eigenvalue weighted by Gasteiger charge is -2.23. The zero-order valence-electron chi connectivity index (χ0n) is 16.7. The molecule has 0 unspecified atom stereocenters. The number of amides is 1. The molecule has 6 nitrogen and oxygen atoms in total. The van der Waals surface area contributed by atoms with E-state index >= 15 is 0 Å². The van der Waals surface area contributed by atoms with E-state index in [9.17, 15) is 4.79 Å². The number of anilines is 1. The van der Waals surface area contributed by atoms with Crippen molar-refractivity contribution in [2.45, 2.75) is 44.6 Å². The first-order chi connectivity index (χ1) is 13.7. The summed E-state index contributed by atoms with van der Waals surface area (Å²) in [5.41, 5.74) is 1.64. The fraction of sp³-hybridized carbons (Fsp3) is 0.455. The SMILES string of the molecule is COc1ccc(CCNC(=O)c2ccc(NC3CCCCC3)nc2)cc1OC. The fourth-order valence-corrected chi connectivity index (χ4v) is 3.53. The van der Waals surface area contributed by atoms with E-state index in [0.717, 1.165) is 11.4 Å². The number of aromatic nitrogens is 1. The molecule has 1 heterocycles. The summed E-state index contributed by atoms with van der Waals surface area (Å²) >= 11 is 0. The van der Waals surface area contributed by atoms with E-state index in [4.69, 9.17) is 9.47 Å². The van der Waals surface area contributed by atoms with Gasteiger partial charge in [-0.15, -0.1) is 0 Å². The molecule has 0 aliphatic heterocycles. The molecule has 1 aromatic carbocycles. The predicted octanol–water partition coefficient (Wildman–Crippen LogP) is 3.82. The lowest BCUT2D eigenvalue weighted by atomic mass is 9.95. The maximum absolute atomic E-state index is 12.3. The van der Waals surface area contributed by atoms with Crippen LogP contribution in [0.1, 0.15) is 48.0 Å². The summed E-state index contributed by atoms with van der Waals surface area (Å²) in [6, 6.07) is 9.99. The quantitative estimate of drug-likeness (QED) is 0.725. The van der Waals surface area contributed by atoms with Crippen molar-refractivity contribution in [3.8, 4) is 11.5 Å². The molecule has 1 aliphatic carbocycles. The summed E-state index contributed by atoms with van der Waals surface area (Å²) in [5.74, 6) is 2.12. The van der Waals surface area contributed by atoms with Crippen molar-refractivity contribution in [2.75, 3.05) is 26.1 Å². The number of pyridine rings is 1. The number of methoxy groups -OCH3 is 2. The van der Waals surface area contributed by atoms with E-state index in [1.807, 2.05) is 30.3 Å². The van der Waals surface area contributed by atoms with Crippen LogP contribution in [0.15, 0.2) is 36.5 Å². The number of rotatable bonds is 8. The summed E-state index contributed by atoms with van der Waals surface area (Å²) in [6.45, 7) is 0.538. The third-order valence-electron chi connectivity index (χ3n) is 5.13. The van der Waals surface area contributed by atoms with Gasteiger partial charge < -0.3 is 20.1 Å². The molecule has 0 bridgehead atoms. The molecule has 28 heavy (non-hydrogen) atoms. The van der Waals surface area contributed by atoms with Crippen molar-refractivity contribution in [1.82, 2.24) is 10.3 Å². The third kappa shape index (κ3) is 5.38. The normalized spacial score (nSPS) is 14.4. The van der Waals surface area contributed by atoms with E-state index in [0.29, 0.717) is 36.1 Å². The minimum atomic E-state index is -0.114. The van der Waals surface area contributed by atoms with Crippen LogP contribution in [-0.4, -0.2) is 37.7 Å². The van der Waals surface area contributed by atoms with E-state index < -0.39 is 0 Å². The van der Waals surface area contributed by atoms with Crippen LogP contribution in [0.3, 0.4) is 0 Å². The van der Waals surface area contributed by atoms with Gasteiger partial charge in [-0.05, 0) is 49.1 Å². The van der Waals surface area contributed by atoms with E-state index in [1.54, 1.807) is 20.4 Å². The van der Waals surface area contributed by atoms with Crippen molar-refractivity contribution in [1.29, 1.82) is 0 Å². The monoisotopic (exact) mass is 383 g/mol. The van der Waals surface area contributed by atoms with Gasteiger partial charge >= 0.3 is 0 Å². The molecule has 2 N–H and O–H groups in total. The van der Waals surface area contributed by atoms with Crippen LogP contribution in [0.5, 0.6) is 11.5 Å². The maximum atomic E-state index is 12.3. The molecular formula is C22H29N3O3. The standard InChI is InChI=1S/C22H29N3O3/c1-27-19-10-8-16(14-20(19)28-2)12-13-23-22(26)17-9-11-21(24-15-17)25-18-6-4-3-5-7-18/h8-11,14-15,18H,3-7,12-13H2,1-2H3,(H,23,26)(H,24,25). The first-order valence-electron chi connectivity index (χ1n) is 9.91. The van der Waals surface area contributed by atoms with Crippen LogP contribution in [0.2, 0.25) is 0 Å². The van der Waals surface area contributed by atoms with Gasteiger partial charge in [0, 0.05) is 18.8 Å². The minimum absolute atomic E-state index is 0.114. The van der Waals surface area contributed by atoms with Gasteiger partial charge in [-0.25, -0.2) is 4.98 Å². The fourth-order valence-electron chi connectivity index (χ4n) is 3.53. The Morgan fingerprint density at radius 2 is 1.86 bits per heavy atom. The molecular weight excluding hydrogens is 354 g/mol. The number of nitrogens with zero attached hydrogens (tertiary/aromatic N) is 1. The highest BCUT2D eigenvalue weighted by atomic mass is 16.5. The molecule has 1 fully saturated rings. The number of nitrogens with one attached hydrogen (secondary N) is 2. The Labute approximate surface area is 166 Å². The van der Waals surface area contributed by atoms with Crippen molar-refractivity contribution in [3.05, 3.63) is 47.7 Å². The van der Waals surface area contributed by atoms with Gasteiger partial charge in [0.25, 0.3) is 5.91 Å². The number of ether oxygens (including phenoxy) is 2. The second-order valence-electron chi connectivity index (χ2n) is 7.11. The van der Waals surface area contributed by atoms with Gasteiger partial charge in [0.15, 0.2) is 11.5 Å². The van der Waals surface area contributed by atoms with Crippen molar-refractivity contribution >= 4 is 11.7 Å². The summed E-state index contributed by atoms with van der Waals surface area (Å²) in [4.78, 5) is 16.7. The number of carbonyl (C=O) groups is 1. The molecule has 2 aromatic rings. The van der Waals surface area contributed by atoms with Crippen LogP contribution in [0, 0.1) is 0 Å². The Kier molecular flexibility index (Phi) is 7.12. The van der Waals surface area contributed by atoms with E-state index in [1.165, 1.54) is 32.1 Å². The lowest BCUT2D eigenvalue weighted by Crippen LogP contribution is -2.26. The first-order valence-corrected chi connectivity index (χ1v) is 9.91. The summed E-state index contributed by atoms with van der Waals surface area (Å²) < 4.78 is 10.6. The molecule has 6 heteroatoms. The van der Waals surface area contributed by atoms with E-state index in [2.05, 4.69) is 15.6 Å². The Balaban J connectivity index is 1.48. The molecule has 150 valence electrons. The predicted molar refractivity (Wildman–Crippen MR) is 110 cm³/mol. The summed E-state index contributed by atoms with van der Waals surface area (Å²) in [7, 11) is 3.23. The largest absolute Gasteiger partial charge is 0.493 e. The average molecular weight is 383 g/mol.